The summed E-state index contributed by atoms with van der Waals surface area (Å²) in [5.74, 6) is 1.55. The van der Waals surface area contributed by atoms with Crippen LogP contribution in [-0.4, -0.2) is 70.1 Å². The van der Waals surface area contributed by atoms with Crippen molar-refractivity contribution in [3.8, 4) is 0 Å². The summed E-state index contributed by atoms with van der Waals surface area (Å²) >= 11 is 1.78. The average molecular weight is 529 g/mol. The van der Waals surface area contributed by atoms with Gasteiger partial charge in [0.1, 0.15) is 9.84 Å². The van der Waals surface area contributed by atoms with Gasteiger partial charge in [-0.25, -0.2) is 8.42 Å². The van der Waals surface area contributed by atoms with E-state index in [9.17, 15) is 8.42 Å². The Balaban J connectivity index is 0.00000364. The van der Waals surface area contributed by atoms with Gasteiger partial charge < -0.3 is 15.5 Å². The van der Waals surface area contributed by atoms with Gasteiger partial charge in [-0.15, -0.1) is 35.3 Å². The summed E-state index contributed by atoms with van der Waals surface area (Å²) in [5, 5.41) is 8.99. The van der Waals surface area contributed by atoms with Gasteiger partial charge in [0.15, 0.2) is 5.96 Å². The highest BCUT2D eigenvalue weighted by molar-refractivity contribution is 14.0. The van der Waals surface area contributed by atoms with Gasteiger partial charge in [-0.2, -0.15) is 0 Å². The third-order valence-electron chi connectivity index (χ3n) is 4.60. The van der Waals surface area contributed by atoms with Gasteiger partial charge in [-0.3, -0.25) is 4.99 Å². The fourth-order valence-electron chi connectivity index (χ4n) is 3.00. The van der Waals surface area contributed by atoms with E-state index in [2.05, 4.69) is 46.9 Å². The van der Waals surface area contributed by atoms with Crippen molar-refractivity contribution in [1.82, 2.24) is 15.5 Å². The van der Waals surface area contributed by atoms with Crippen LogP contribution in [0.5, 0.6) is 0 Å². The molecule has 0 saturated carbocycles. The van der Waals surface area contributed by atoms with Crippen molar-refractivity contribution in [3.63, 3.8) is 0 Å². The minimum Gasteiger partial charge on any atom is -0.357 e. The topological polar surface area (TPSA) is 73.8 Å². The lowest BCUT2D eigenvalue weighted by molar-refractivity contribution is 0.216. The summed E-state index contributed by atoms with van der Waals surface area (Å²) < 4.78 is 22.6. The molecule has 6 nitrogen and oxygen atoms in total. The Morgan fingerprint density at radius 1 is 1.41 bits per heavy atom. The molecule has 2 rings (SSSR count). The van der Waals surface area contributed by atoms with Crippen LogP contribution in [0.25, 0.3) is 0 Å². The van der Waals surface area contributed by atoms with E-state index in [0.717, 1.165) is 45.0 Å². The van der Waals surface area contributed by atoms with Crippen molar-refractivity contribution in [3.05, 3.63) is 22.4 Å². The van der Waals surface area contributed by atoms with Crippen molar-refractivity contribution in [2.24, 2.45) is 4.99 Å². The zero-order valence-corrected chi connectivity index (χ0v) is 20.4. The minimum atomic E-state index is -2.88. The van der Waals surface area contributed by atoms with Gasteiger partial charge in [-0.1, -0.05) is 13.0 Å². The first-order valence-electron chi connectivity index (χ1n) is 9.35. The molecule has 0 radical (unpaired) electrons. The molecule has 1 fully saturated rings. The molecule has 0 aliphatic carbocycles. The number of nitrogens with one attached hydrogen (secondary N) is 2. The number of thiophene rings is 1. The predicted octanol–water partition coefficient (Wildman–Crippen LogP) is 2.53. The van der Waals surface area contributed by atoms with E-state index < -0.39 is 9.84 Å². The number of nitrogens with zero attached hydrogens (tertiary/aromatic N) is 2. The van der Waals surface area contributed by atoms with Crippen LogP contribution < -0.4 is 10.6 Å². The van der Waals surface area contributed by atoms with Crippen molar-refractivity contribution in [2.75, 3.05) is 44.7 Å². The highest BCUT2D eigenvalue weighted by atomic mass is 127. The van der Waals surface area contributed by atoms with Crippen molar-refractivity contribution < 1.29 is 8.42 Å². The average Bonchev–Trinajstić information content (AvgIpc) is 3.13. The van der Waals surface area contributed by atoms with Crippen LogP contribution in [0.4, 0.5) is 0 Å². The van der Waals surface area contributed by atoms with Crippen LogP contribution in [0.15, 0.2) is 22.5 Å². The molecular weight excluding hydrogens is 495 g/mol. The zero-order valence-electron chi connectivity index (χ0n) is 16.5. The first kappa shape index (κ1) is 24.6. The lowest BCUT2D eigenvalue weighted by atomic mass is 10.1. The summed E-state index contributed by atoms with van der Waals surface area (Å²) in [5.41, 5.74) is 0. The maximum Gasteiger partial charge on any atom is 0.191 e. The molecule has 156 valence electrons. The molecule has 1 aliphatic heterocycles. The fourth-order valence-corrected chi connectivity index (χ4v) is 4.37. The van der Waals surface area contributed by atoms with Gasteiger partial charge >= 0.3 is 0 Å². The molecule has 2 heterocycles. The van der Waals surface area contributed by atoms with Crippen molar-refractivity contribution in [2.45, 2.75) is 38.6 Å². The van der Waals surface area contributed by atoms with Crippen LogP contribution in [0.3, 0.4) is 0 Å². The van der Waals surface area contributed by atoms with Gasteiger partial charge in [0.2, 0.25) is 0 Å². The van der Waals surface area contributed by atoms with E-state index in [1.807, 2.05) is 0 Å². The van der Waals surface area contributed by atoms with E-state index in [-0.39, 0.29) is 29.7 Å². The van der Waals surface area contributed by atoms with E-state index in [1.54, 1.807) is 11.3 Å². The van der Waals surface area contributed by atoms with Gasteiger partial charge in [0.25, 0.3) is 0 Å². The Hall–Kier alpha value is -0.390. The van der Waals surface area contributed by atoms with E-state index in [4.69, 9.17) is 4.99 Å². The van der Waals surface area contributed by atoms with Crippen molar-refractivity contribution >= 4 is 51.1 Å². The van der Waals surface area contributed by atoms with E-state index in [1.165, 1.54) is 11.1 Å². The van der Waals surface area contributed by atoms with Crippen LogP contribution in [0, 0.1) is 0 Å². The third-order valence-corrected chi connectivity index (χ3v) is 6.63. The standard InChI is InChI=1S/C18H32N4O2S2.HI/c1-4-19-18(20-14-15(2)17-6-5-12-25-17)21-16-7-9-22(10-8-16)11-13-26(3,23)24;/h5-6,12,15-16H,4,7-11,13-14H2,1-3H3,(H2,19,20,21);1H. The summed E-state index contributed by atoms with van der Waals surface area (Å²) in [6.45, 7) is 8.39. The maximum absolute atomic E-state index is 11.3. The number of halogens is 1. The highest BCUT2D eigenvalue weighted by Crippen LogP contribution is 2.20. The third kappa shape index (κ3) is 9.58. The molecule has 0 amide bonds. The number of hydrogen-bond donors (Lipinski definition) is 2. The summed E-state index contributed by atoms with van der Waals surface area (Å²) in [6.07, 6.45) is 3.32. The van der Waals surface area contributed by atoms with Crippen LogP contribution >= 0.6 is 35.3 Å². The number of hydrogen-bond acceptors (Lipinski definition) is 5. The molecule has 1 unspecified atom stereocenters. The highest BCUT2D eigenvalue weighted by Gasteiger charge is 2.20. The quantitative estimate of drug-likeness (QED) is 0.308. The summed E-state index contributed by atoms with van der Waals surface area (Å²) in [7, 11) is -2.88. The molecule has 9 heteroatoms. The number of sulfone groups is 1. The number of guanidine groups is 1. The molecule has 0 spiro atoms. The first-order valence-corrected chi connectivity index (χ1v) is 12.3. The van der Waals surface area contributed by atoms with Crippen molar-refractivity contribution in [1.29, 1.82) is 0 Å². The fraction of sp³-hybridized carbons (Fsp3) is 0.722. The predicted molar refractivity (Wildman–Crippen MR) is 126 cm³/mol. The molecule has 1 saturated heterocycles. The monoisotopic (exact) mass is 528 g/mol. The van der Waals surface area contributed by atoms with Crippen LogP contribution in [0.1, 0.15) is 37.5 Å². The van der Waals surface area contributed by atoms with Crippen LogP contribution in [0.2, 0.25) is 0 Å². The zero-order chi connectivity index (χ0) is 19.0. The summed E-state index contributed by atoms with van der Waals surface area (Å²) in [6, 6.07) is 4.64. The molecule has 0 bridgehead atoms. The molecule has 2 N–H and O–H groups in total. The second-order valence-electron chi connectivity index (χ2n) is 7.03. The van der Waals surface area contributed by atoms with E-state index in [0.29, 0.717) is 18.5 Å². The lowest BCUT2D eigenvalue weighted by Gasteiger charge is -2.33. The Kier molecular flexibility index (Phi) is 11.2. The number of piperidine rings is 1. The molecule has 1 aromatic rings. The smallest absolute Gasteiger partial charge is 0.191 e. The minimum absolute atomic E-state index is 0. The normalized spacial score (nSPS) is 18.0. The molecule has 0 aromatic carbocycles. The molecule has 27 heavy (non-hydrogen) atoms. The van der Waals surface area contributed by atoms with Gasteiger partial charge in [0.05, 0.1) is 12.3 Å². The lowest BCUT2D eigenvalue weighted by Crippen LogP contribution is -2.49. The number of aliphatic imine (C=N–C) groups is 1. The summed E-state index contributed by atoms with van der Waals surface area (Å²) in [4.78, 5) is 8.36. The first-order chi connectivity index (χ1) is 12.4. The molecule has 1 aliphatic rings. The largest absolute Gasteiger partial charge is 0.357 e. The number of rotatable bonds is 8. The second kappa shape index (κ2) is 12.2. The van der Waals surface area contributed by atoms with Gasteiger partial charge in [0, 0.05) is 49.3 Å². The molecule has 1 atom stereocenters. The van der Waals surface area contributed by atoms with Crippen LogP contribution in [-0.2, 0) is 9.84 Å². The van der Waals surface area contributed by atoms with E-state index >= 15 is 0 Å². The molecular formula is C18H33IN4O2S2. The Morgan fingerprint density at radius 3 is 2.67 bits per heavy atom. The SMILES string of the molecule is CCNC(=NCC(C)c1cccs1)NC1CCN(CCS(C)(=O)=O)CC1.I. The Labute approximate surface area is 185 Å². The number of likely N-dealkylation sites (tertiary alicyclic amines) is 1. The maximum atomic E-state index is 11.3. The Bertz CT molecular complexity index is 657. The second-order valence-corrected chi connectivity index (χ2v) is 10.3. The van der Waals surface area contributed by atoms with Gasteiger partial charge in [-0.05, 0) is 31.2 Å². The molecule has 1 aromatic heterocycles. The Morgan fingerprint density at radius 2 is 2.11 bits per heavy atom.